The van der Waals surface area contributed by atoms with E-state index in [1.54, 1.807) is 6.07 Å². The SMILES string of the molecule is Cc1cccc(N(C)Cc2cccc(C(=O)O)n2)c1. The average Bonchev–Trinajstić information content (AvgIpc) is 2.39. The second kappa shape index (κ2) is 5.52. The third-order valence-corrected chi connectivity index (χ3v) is 2.87. The van der Waals surface area contributed by atoms with Crippen LogP contribution in [0, 0.1) is 6.92 Å². The van der Waals surface area contributed by atoms with Gasteiger partial charge in [-0.2, -0.15) is 0 Å². The van der Waals surface area contributed by atoms with Crippen molar-refractivity contribution in [1.82, 2.24) is 4.98 Å². The number of anilines is 1. The zero-order chi connectivity index (χ0) is 13.8. The van der Waals surface area contributed by atoms with Gasteiger partial charge in [-0.3, -0.25) is 0 Å². The van der Waals surface area contributed by atoms with Gasteiger partial charge in [0.1, 0.15) is 5.69 Å². The third kappa shape index (κ3) is 3.31. The van der Waals surface area contributed by atoms with Crippen molar-refractivity contribution >= 4 is 11.7 Å². The van der Waals surface area contributed by atoms with Gasteiger partial charge in [0.2, 0.25) is 0 Å². The van der Waals surface area contributed by atoms with Gasteiger partial charge in [0.05, 0.1) is 12.2 Å². The average molecular weight is 256 g/mol. The summed E-state index contributed by atoms with van der Waals surface area (Å²) in [6.07, 6.45) is 0. The summed E-state index contributed by atoms with van der Waals surface area (Å²) in [5, 5.41) is 8.92. The number of hydrogen-bond acceptors (Lipinski definition) is 3. The lowest BCUT2D eigenvalue weighted by Crippen LogP contribution is -2.18. The smallest absolute Gasteiger partial charge is 0.354 e. The lowest BCUT2D eigenvalue weighted by atomic mass is 10.2. The summed E-state index contributed by atoms with van der Waals surface area (Å²) in [5.41, 5.74) is 3.10. The van der Waals surface area contributed by atoms with E-state index in [0.717, 1.165) is 11.4 Å². The summed E-state index contributed by atoms with van der Waals surface area (Å²) in [5.74, 6) is -1.000. The van der Waals surface area contributed by atoms with Crippen molar-refractivity contribution in [2.24, 2.45) is 0 Å². The van der Waals surface area contributed by atoms with Gasteiger partial charge in [-0.15, -0.1) is 0 Å². The first-order valence-corrected chi connectivity index (χ1v) is 6.03. The van der Waals surface area contributed by atoms with Crippen molar-refractivity contribution in [3.63, 3.8) is 0 Å². The minimum absolute atomic E-state index is 0.0788. The minimum atomic E-state index is -1.000. The van der Waals surface area contributed by atoms with Crippen molar-refractivity contribution in [3.05, 3.63) is 59.4 Å². The van der Waals surface area contributed by atoms with Gasteiger partial charge in [-0.25, -0.2) is 9.78 Å². The fourth-order valence-corrected chi connectivity index (χ4v) is 1.89. The Morgan fingerprint density at radius 1 is 1.26 bits per heavy atom. The van der Waals surface area contributed by atoms with Crippen LogP contribution in [0.15, 0.2) is 42.5 Å². The van der Waals surface area contributed by atoms with Gasteiger partial charge in [0.25, 0.3) is 0 Å². The number of carbonyl (C=O) groups is 1. The normalized spacial score (nSPS) is 10.2. The molecule has 0 aliphatic heterocycles. The molecule has 0 saturated carbocycles. The molecule has 0 radical (unpaired) electrons. The Hall–Kier alpha value is -2.36. The molecule has 0 amide bonds. The molecule has 0 spiro atoms. The molecule has 0 unspecified atom stereocenters. The van der Waals surface area contributed by atoms with Crippen LogP contribution in [0.25, 0.3) is 0 Å². The van der Waals surface area contributed by atoms with E-state index >= 15 is 0 Å². The first-order valence-electron chi connectivity index (χ1n) is 6.03. The van der Waals surface area contributed by atoms with Gasteiger partial charge in [0, 0.05) is 12.7 Å². The summed E-state index contributed by atoms with van der Waals surface area (Å²) in [4.78, 5) is 17.0. The van der Waals surface area contributed by atoms with Crippen LogP contribution in [0.4, 0.5) is 5.69 Å². The van der Waals surface area contributed by atoms with Crippen LogP contribution in [-0.2, 0) is 6.54 Å². The third-order valence-electron chi connectivity index (χ3n) is 2.87. The van der Waals surface area contributed by atoms with E-state index in [2.05, 4.69) is 11.1 Å². The van der Waals surface area contributed by atoms with Crippen LogP contribution in [0.1, 0.15) is 21.7 Å². The van der Waals surface area contributed by atoms with Crippen LogP contribution in [-0.4, -0.2) is 23.1 Å². The number of hydrogen-bond donors (Lipinski definition) is 1. The predicted octanol–water partition coefficient (Wildman–Crippen LogP) is 2.72. The van der Waals surface area contributed by atoms with E-state index in [9.17, 15) is 4.79 Å². The van der Waals surface area contributed by atoms with E-state index in [1.165, 1.54) is 11.6 Å². The Morgan fingerprint density at radius 3 is 2.68 bits per heavy atom. The number of rotatable bonds is 4. The Kier molecular flexibility index (Phi) is 3.80. The first-order chi connectivity index (χ1) is 9.06. The highest BCUT2D eigenvalue weighted by molar-refractivity contribution is 5.85. The van der Waals surface area contributed by atoms with Crippen molar-refractivity contribution < 1.29 is 9.90 Å². The quantitative estimate of drug-likeness (QED) is 0.913. The number of carboxylic acids is 1. The fraction of sp³-hybridized carbons (Fsp3) is 0.200. The molecule has 0 fully saturated rings. The second-order valence-electron chi connectivity index (χ2n) is 4.51. The van der Waals surface area contributed by atoms with Gasteiger partial charge in [0.15, 0.2) is 0 Å². The van der Waals surface area contributed by atoms with Crippen molar-refractivity contribution in [1.29, 1.82) is 0 Å². The molecule has 2 rings (SSSR count). The highest BCUT2D eigenvalue weighted by Crippen LogP contribution is 2.16. The maximum Gasteiger partial charge on any atom is 0.354 e. The summed E-state index contributed by atoms with van der Waals surface area (Å²) >= 11 is 0. The molecular formula is C15H16N2O2. The fourth-order valence-electron chi connectivity index (χ4n) is 1.89. The number of aromatic carboxylic acids is 1. The molecule has 0 bridgehead atoms. The lowest BCUT2D eigenvalue weighted by Gasteiger charge is -2.19. The summed E-state index contributed by atoms with van der Waals surface area (Å²) < 4.78 is 0. The van der Waals surface area contributed by atoms with E-state index in [0.29, 0.717) is 6.54 Å². The van der Waals surface area contributed by atoms with E-state index in [1.807, 2.05) is 43.1 Å². The summed E-state index contributed by atoms with van der Waals surface area (Å²) in [7, 11) is 1.96. The van der Waals surface area contributed by atoms with Crippen LogP contribution in [0.5, 0.6) is 0 Å². The molecule has 4 nitrogen and oxygen atoms in total. The number of aryl methyl sites for hydroxylation is 1. The number of carboxylic acid groups (broad SMARTS) is 1. The number of pyridine rings is 1. The van der Waals surface area contributed by atoms with Crippen molar-refractivity contribution in [3.8, 4) is 0 Å². The molecule has 0 atom stereocenters. The zero-order valence-electron chi connectivity index (χ0n) is 11.0. The molecule has 0 aliphatic rings. The number of benzene rings is 1. The van der Waals surface area contributed by atoms with Crippen molar-refractivity contribution in [2.75, 3.05) is 11.9 Å². The zero-order valence-corrected chi connectivity index (χ0v) is 11.0. The molecule has 98 valence electrons. The van der Waals surface area contributed by atoms with Gasteiger partial charge in [-0.1, -0.05) is 18.2 Å². The highest BCUT2D eigenvalue weighted by atomic mass is 16.4. The maximum absolute atomic E-state index is 10.9. The lowest BCUT2D eigenvalue weighted by molar-refractivity contribution is 0.0690. The van der Waals surface area contributed by atoms with Gasteiger partial charge < -0.3 is 10.0 Å². The molecule has 0 saturated heterocycles. The molecule has 2 aromatic rings. The Bertz CT molecular complexity index is 596. The molecule has 1 heterocycles. The van der Waals surface area contributed by atoms with Crippen LogP contribution in [0.2, 0.25) is 0 Å². The molecule has 4 heteroatoms. The van der Waals surface area contributed by atoms with Gasteiger partial charge in [-0.05, 0) is 36.8 Å². The molecule has 1 aromatic heterocycles. The van der Waals surface area contributed by atoms with Crippen LogP contribution < -0.4 is 4.90 Å². The number of nitrogens with zero attached hydrogens (tertiary/aromatic N) is 2. The topological polar surface area (TPSA) is 53.4 Å². The molecule has 1 aromatic carbocycles. The minimum Gasteiger partial charge on any atom is -0.477 e. The van der Waals surface area contributed by atoms with Crippen LogP contribution >= 0.6 is 0 Å². The monoisotopic (exact) mass is 256 g/mol. The van der Waals surface area contributed by atoms with E-state index in [-0.39, 0.29) is 5.69 Å². The Balaban J connectivity index is 2.17. The second-order valence-corrected chi connectivity index (χ2v) is 4.51. The molecular weight excluding hydrogens is 240 g/mol. The van der Waals surface area contributed by atoms with E-state index in [4.69, 9.17) is 5.11 Å². The number of aromatic nitrogens is 1. The Labute approximate surface area is 112 Å². The summed E-state index contributed by atoms with van der Waals surface area (Å²) in [6, 6.07) is 13.2. The molecule has 19 heavy (non-hydrogen) atoms. The summed E-state index contributed by atoms with van der Waals surface area (Å²) in [6.45, 7) is 2.62. The Morgan fingerprint density at radius 2 is 2.00 bits per heavy atom. The predicted molar refractivity (Wildman–Crippen MR) is 74.5 cm³/mol. The largest absolute Gasteiger partial charge is 0.477 e. The molecule has 0 aliphatic carbocycles. The van der Waals surface area contributed by atoms with E-state index < -0.39 is 5.97 Å². The molecule has 1 N–H and O–H groups in total. The highest BCUT2D eigenvalue weighted by Gasteiger charge is 2.07. The first kappa shape index (κ1) is 13.1. The van der Waals surface area contributed by atoms with Crippen LogP contribution in [0.3, 0.4) is 0 Å². The standard InChI is InChI=1S/C15H16N2O2/c1-11-5-3-7-13(9-11)17(2)10-12-6-4-8-14(16-12)15(18)19/h3-9H,10H2,1-2H3,(H,18,19). The van der Waals surface area contributed by atoms with Crippen molar-refractivity contribution in [2.45, 2.75) is 13.5 Å². The maximum atomic E-state index is 10.9. The van der Waals surface area contributed by atoms with Gasteiger partial charge >= 0.3 is 5.97 Å².